The van der Waals surface area contributed by atoms with E-state index >= 15 is 0 Å². The van der Waals surface area contributed by atoms with E-state index in [0.717, 1.165) is 30.9 Å². The van der Waals surface area contributed by atoms with E-state index in [2.05, 4.69) is 21.0 Å². The molecular weight excluding hydrogens is 383 g/mol. The van der Waals surface area contributed by atoms with Crippen molar-refractivity contribution in [1.82, 2.24) is 10.6 Å². The summed E-state index contributed by atoms with van der Waals surface area (Å²) in [5, 5.41) is 11.9. The van der Waals surface area contributed by atoms with Gasteiger partial charge in [-0.15, -0.1) is 20.1 Å². The van der Waals surface area contributed by atoms with Crippen molar-refractivity contribution in [3.8, 4) is 0 Å². The molecular formula is C11H20ClCuN4O6. The van der Waals surface area contributed by atoms with Crippen LogP contribution in [-0.2, 0) is 17.1 Å². The maximum absolute atomic E-state index is 10.2. The van der Waals surface area contributed by atoms with Crippen LogP contribution in [0.15, 0.2) is 33.1 Å². The third-order valence-corrected chi connectivity index (χ3v) is 2.49. The Morgan fingerprint density at radius 3 is 1.30 bits per heavy atom. The molecule has 2 N–H and O–H groups in total. The quantitative estimate of drug-likeness (QED) is 0.261. The summed E-state index contributed by atoms with van der Waals surface area (Å²) >= 11 is 0. The topological polar surface area (TPSA) is 175 Å². The van der Waals surface area contributed by atoms with Gasteiger partial charge in [-0.05, 0) is 44.5 Å². The molecule has 0 heterocycles. The van der Waals surface area contributed by atoms with E-state index in [1.165, 1.54) is 0 Å². The van der Waals surface area contributed by atoms with Gasteiger partial charge >= 0.3 is 17.1 Å². The van der Waals surface area contributed by atoms with E-state index in [1.807, 2.05) is 13.8 Å². The third-order valence-electron chi connectivity index (χ3n) is 2.49. The van der Waals surface area contributed by atoms with Crippen LogP contribution in [-0.4, -0.2) is 13.1 Å². The summed E-state index contributed by atoms with van der Waals surface area (Å²) < 4.78 is 34.0. The van der Waals surface area contributed by atoms with Crippen LogP contribution in [0.5, 0.6) is 0 Å². The van der Waals surface area contributed by atoms with Crippen LogP contribution < -0.4 is 29.3 Å². The molecule has 23 heavy (non-hydrogen) atoms. The van der Waals surface area contributed by atoms with Gasteiger partial charge in [0, 0.05) is 24.5 Å². The number of allylic oxidation sites excluding steroid dienone is 4. The van der Waals surface area contributed by atoms with Crippen molar-refractivity contribution in [3.05, 3.63) is 32.6 Å². The summed E-state index contributed by atoms with van der Waals surface area (Å²) in [6, 6.07) is 0. The van der Waals surface area contributed by atoms with E-state index in [4.69, 9.17) is 18.6 Å². The molecule has 0 aliphatic carbocycles. The van der Waals surface area contributed by atoms with Crippen molar-refractivity contribution in [2.24, 2.45) is 10.4 Å². The number of rotatable bonds is 8. The molecule has 0 bridgehead atoms. The second-order valence-electron chi connectivity index (χ2n) is 4.19. The van der Waals surface area contributed by atoms with Crippen molar-refractivity contribution in [1.29, 1.82) is 0 Å². The Bertz CT molecular complexity index is 387. The summed E-state index contributed by atoms with van der Waals surface area (Å²) in [5.41, 5.74) is 2.51. The van der Waals surface area contributed by atoms with Gasteiger partial charge in [-0.3, -0.25) is 0 Å². The first kappa shape index (κ1) is 26.8. The van der Waals surface area contributed by atoms with E-state index in [-0.39, 0.29) is 17.1 Å². The average Bonchev–Trinajstić information content (AvgIpc) is 2.42. The van der Waals surface area contributed by atoms with Gasteiger partial charge in [0.15, 0.2) is 0 Å². The van der Waals surface area contributed by atoms with Crippen molar-refractivity contribution in [3.63, 3.8) is 0 Å². The fourth-order valence-corrected chi connectivity index (χ4v) is 1.03. The Morgan fingerprint density at radius 1 is 0.826 bits per heavy atom. The SMILES string of the molecule is C/C(N=O)=C(\C)NCCCN/C(C)=C(/C)N=O.[Cu+].[O-][Cl+3]([O-])([O-])[O-]. The summed E-state index contributed by atoms with van der Waals surface area (Å²) in [6.07, 6.45) is 0.868. The van der Waals surface area contributed by atoms with Gasteiger partial charge in [0.25, 0.3) is 0 Å². The second-order valence-corrected chi connectivity index (χ2v) is 4.94. The van der Waals surface area contributed by atoms with Gasteiger partial charge in [0.05, 0.1) is 0 Å². The normalized spacial score (nSPS) is 12.5. The van der Waals surface area contributed by atoms with Crippen LogP contribution in [0.25, 0.3) is 0 Å². The first-order valence-corrected chi connectivity index (χ1v) is 7.37. The van der Waals surface area contributed by atoms with Crippen molar-refractivity contribution >= 4 is 0 Å². The van der Waals surface area contributed by atoms with E-state index < -0.39 is 10.2 Å². The summed E-state index contributed by atoms with van der Waals surface area (Å²) in [7, 11) is -4.94. The number of halogens is 1. The zero-order valence-corrected chi connectivity index (χ0v) is 14.8. The molecule has 138 valence electrons. The molecule has 0 aromatic heterocycles. The Balaban J connectivity index is -0.000000578. The Morgan fingerprint density at radius 2 is 1.09 bits per heavy atom. The molecule has 0 fully saturated rings. The predicted octanol–water partition coefficient (Wildman–Crippen LogP) is -2.17. The van der Waals surface area contributed by atoms with Crippen LogP contribution in [0.3, 0.4) is 0 Å². The summed E-state index contributed by atoms with van der Waals surface area (Å²) in [6.45, 7) is 8.45. The second kappa shape index (κ2) is 14.5. The largest absolute Gasteiger partial charge is 1.00 e. The van der Waals surface area contributed by atoms with Gasteiger partial charge in [-0.2, -0.15) is 0 Å². The molecule has 0 aliphatic rings. The number of nitrogens with zero attached hydrogens (tertiary/aromatic N) is 2. The van der Waals surface area contributed by atoms with Crippen molar-refractivity contribution in [2.45, 2.75) is 34.1 Å². The molecule has 0 unspecified atom stereocenters. The average molecular weight is 403 g/mol. The van der Waals surface area contributed by atoms with Gasteiger partial charge in [0.1, 0.15) is 11.4 Å². The Hall–Kier alpha value is -1.07. The first-order valence-electron chi connectivity index (χ1n) is 6.14. The fraction of sp³-hybridized carbons (Fsp3) is 0.636. The molecule has 0 rings (SSSR count). The van der Waals surface area contributed by atoms with Crippen LogP contribution in [0.2, 0.25) is 0 Å². The van der Waals surface area contributed by atoms with Crippen LogP contribution in [0, 0.1) is 20.1 Å². The molecule has 0 saturated carbocycles. The Labute approximate surface area is 147 Å². The molecule has 0 atom stereocenters. The van der Waals surface area contributed by atoms with E-state index in [9.17, 15) is 9.81 Å². The van der Waals surface area contributed by atoms with E-state index in [1.54, 1.807) is 13.8 Å². The third kappa shape index (κ3) is 20.9. The molecule has 0 spiro atoms. The molecule has 0 amide bonds. The zero-order chi connectivity index (χ0) is 17.8. The number of nitrogens with one attached hydrogen (secondary N) is 2. The van der Waals surface area contributed by atoms with Gasteiger partial charge in [0.2, 0.25) is 0 Å². The fourth-order valence-electron chi connectivity index (χ4n) is 1.03. The smallest absolute Gasteiger partial charge is 0.387 e. The van der Waals surface area contributed by atoms with Gasteiger partial charge in [-0.1, -0.05) is 0 Å². The minimum absolute atomic E-state index is 0. The maximum atomic E-state index is 10.2. The minimum atomic E-state index is -4.94. The van der Waals surface area contributed by atoms with E-state index in [0.29, 0.717) is 11.4 Å². The van der Waals surface area contributed by atoms with Crippen molar-refractivity contribution < 1.29 is 45.9 Å². The predicted molar refractivity (Wildman–Crippen MR) is 69.0 cm³/mol. The molecule has 12 heteroatoms. The first-order chi connectivity index (χ1) is 10.0. The van der Waals surface area contributed by atoms with Crippen LogP contribution in [0.1, 0.15) is 34.1 Å². The summed E-state index contributed by atoms with van der Waals surface area (Å²) in [5.74, 6) is 0. The minimum Gasteiger partial charge on any atom is -0.387 e. The number of hydrogen-bond acceptors (Lipinski definition) is 10. The molecule has 0 saturated heterocycles. The van der Waals surface area contributed by atoms with Crippen molar-refractivity contribution in [2.75, 3.05) is 13.1 Å². The standard InChI is InChI=1S/C11H20N4O2.ClHO4.Cu/c1-8(10(3)14-16)12-6-5-7-13-9(2)11(4)15-17;2-1(3,4)5;/h12-13H,5-7H2,1-4H3;(H,2,3,4,5);/q;;+1/p-1/b10-8-,11-9-;;. The monoisotopic (exact) mass is 402 g/mol. The van der Waals surface area contributed by atoms with Gasteiger partial charge < -0.3 is 10.6 Å². The molecule has 0 radical (unpaired) electrons. The zero-order valence-electron chi connectivity index (χ0n) is 13.1. The van der Waals surface area contributed by atoms with Crippen LogP contribution in [0.4, 0.5) is 0 Å². The molecule has 0 aromatic carbocycles. The van der Waals surface area contributed by atoms with Gasteiger partial charge in [-0.25, -0.2) is 18.6 Å². The molecule has 0 aliphatic heterocycles. The molecule has 10 nitrogen and oxygen atoms in total. The van der Waals surface area contributed by atoms with Crippen LogP contribution >= 0.6 is 0 Å². The number of nitroso groups, excluding NO2 is 2. The maximum Gasteiger partial charge on any atom is 1.00 e. The molecule has 0 aromatic rings. The number of hydrogen-bond donors (Lipinski definition) is 2. The summed E-state index contributed by atoms with van der Waals surface area (Å²) in [4.78, 5) is 20.5. The Kier molecular flexibility index (Phi) is 16.9.